The summed E-state index contributed by atoms with van der Waals surface area (Å²) in [6, 6.07) is 5.69. The Morgan fingerprint density at radius 2 is 1.41 bits per heavy atom. The Morgan fingerprint density at radius 1 is 0.909 bits per heavy atom. The molecule has 2 rings (SSSR count). The van der Waals surface area contributed by atoms with Crippen LogP contribution in [-0.4, -0.2) is 30.0 Å². The van der Waals surface area contributed by atoms with E-state index in [1.165, 1.54) is 30.3 Å². The van der Waals surface area contributed by atoms with E-state index in [-0.39, 0.29) is 11.3 Å². The van der Waals surface area contributed by atoms with Crippen molar-refractivity contribution in [3.8, 4) is 0 Å². The number of hydrogen-bond donors (Lipinski definition) is 4. The number of benzene rings is 1. The second-order valence-electron chi connectivity index (χ2n) is 4.79. The second kappa shape index (κ2) is 4.89. The zero-order valence-electron chi connectivity index (χ0n) is 11.1. The summed E-state index contributed by atoms with van der Waals surface area (Å²) in [6.07, 6.45) is 4.00. The molecule has 0 amide bonds. The van der Waals surface area contributed by atoms with Crippen molar-refractivity contribution < 1.29 is 25.9 Å². The van der Waals surface area contributed by atoms with Gasteiger partial charge in [-0.05, 0) is 12.1 Å². The molecule has 0 bridgehead atoms. The number of nitrogens with two attached hydrogens (primary N) is 2. The maximum Gasteiger partial charge on any atom is 0.294 e. The summed E-state index contributed by atoms with van der Waals surface area (Å²) < 4.78 is 63.3. The average molecular weight is 346 g/mol. The average Bonchev–Trinajstić information content (AvgIpc) is 2.36. The van der Waals surface area contributed by atoms with Gasteiger partial charge in [0.1, 0.15) is 5.54 Å². The largest absolute Gasteiger partial charge is 0.398 e. The summed E-state index contributed by atoms with van der Waals surface area (Å²) in [5.74, 6) is 0. The number of hydrogen-bond acceptors (Lipinski definition) is 6. The molecule has 0 saturated carbocycles. The van der Waals surface area contributed by atoms with E-state index in [0.29, 0.717) is 6.08 Å². The van der Waals surface area contributed by atoms with Gasteiger partial charge in [-0.15, -0.1) is 0 Å². The monoisotopic (exact) mass is 346 g/mol. The van der Waals surface area contributed by atoms with E-state index < -0.39 is 29.9 Å². The highest BCUT2D eigenvalue weighted by Crippen LogP contribution is 2.46. The van der Waals surface area contributed by atoms with Crippen LogP contribution in [0.15, 0.2) is 48.6 Å². The van der Waals surface area contributed by atoms with Gasteiger partial charge in [-0.3, -0.25) is 9.11 Å². The summed E-state index contributed by atoms with van der Waals surface area (Å²) >= 11 is 0. The van der Waals surface area contributed by atoms with Crippen molar-refractivity contribution in [2.75, 3.05) is 5.73 Å². The molecule has 1 unspecified atom stereocenters. The van der Waals surface area contributed by atoms with Crippen LogP contribution in [0.2, 0.25) is 0 Å². The van der Waals surface area contributed by atoms with Crippen LogP contribution in [0.25, 0.3) is 0 Å². The van der Waals surface area contributed by atoms with E-state index in [1.54, 1.807) is 0 Å². The molecule has 22 heavy (non-hydrogen) atoms. The molecule has 0 saturated heterocycles. The van der Waals surface area contributed by atoms with E-state index in [2.05, 4.69) is 0 Å². The lowest BCUT2D eigenvalue weighted by Crippen LogP contribution is -2.64. The predicted molar refractivity (Wildman–Crippen MR) is 80.8 cm³/mol. The van der Waals surface area contributed by atoms with Crippen LogP contribution in [0.4, 0.5) is 5.69 Å². The third kappa shape index (κ3) is 2.08. The minimum atomic E-state index is -5.37. The Kier molecular flexibility index (Phi) is 3.70. The van der Waals surface area contributed by atoms with Crippen LogP contribution in [0.1, 0.15) is 5.56 Å². The third-order valence-electron chi connectivity index (χ3n) is 3.54. The van der Waals surface area contributed by atoms with Crippen molar-refractivity contribution in [1.82, 2.24) is 0 Å². The number of allylic oxidation sites excluding steroid dienone is 2. The first-order valence-electron chi connectivity index (χ1n) is 5.92. The van der Waals surface area contributed by atoms with Gasteiger partial charge in [0, 0.05) is 11.3 Å². The van der Waals surface area contributed by atoms with E-state index in [4.69, 9.17) is 11.5 Å². The molecule has 1 aromatic rings. The summed E-state index contributed by atoms with van der Waals surface area (Å²) in [5.41, 5.74) is 9.39. The fourth-order valence-electron chi connectivity index (χ4n) is 2.53. The van der Waals surface area contributed by atoms with Crippen LogP contribution in [0.5, 0.6) is 0 Å². The van der Waals surface area contributed by atoms with Crippen LogP contribution in [-0.2, 0) is 25.8 Å². The standard InChI is InChI=1S/C12H14N2O6S2/c13-10-6-2-1-5-9(10)11(14)7-3-4-8-12(11,21(15,16)17)22(18,19)20/h1-8H,13-14H2,(H,15,16,17)(H,18,19,20). The molecule has 0 heterocycles. The van der Waals surface area contributed by atoms with Crippen LogP contribution in [0.3, 0.4) is 0 Å². The van der Waals surface area contributed by atoms with Gasteiger partial charge < -0.3 is 11.5 Å². The van der Waals surface area contributed by atoms with E-state index >= 15 is 0 Å². The number of rotatable bonds is 3. The first-order valence-corrected chi connectivity index (χ1v) is 8.80. The molecule has 0 aromatic heterocycles. The molecule has 6 N–H and O–H groups in total. The van der Waals surface area contributed by atoms with Gasteiger partial charge in [-0.25, -0.2) is 0 Å². The van der Waals surface area contributed by atoms with E-state index in [9.17, 15) is 25.9 Å². The van der Waals surface area contributed by atoms with Crippen molar-refractivity contribution in [3.05, 3.63) is 54.1 Å². The third-order valence-corrected chi connectivity index (χ3v) is 7.28. The minimum absolute atomic E-state index is 0.00150. The van der Waals surface area contributed by atoms with Crippen LogP contribution >= 0.6 is 0 Å². The predicted octanol–water partition coefficient (Wildman–Crippen LogP) is 0.0207. The molecule has 0 radical (unpaired) electrons. The molecule has 0 spiro atoms. The van der Waals surface area contributed by atoms with E-state index in [0.717, 1.165) is 12.2 Å². The smallest absolute Gasteiger partial charge is 0.294 e. The summed E-state index contributed by atoms with van der Waals surface area (Å²) in [5, 5.41) is 0. The fraction of sp³-hybridized carbons (Fsp3) is 0.167. The Balaban J connectivity index is 2.98. The van der Waals surface area contributed by atoms with Crippen LogP contribution in [0, 0.1) is 0 Å². The van der Waals surface area contributed by atoms with Crippen molar-refractivity contribution >= 4 is 25.9 Å². The fourth-order valence-corrected chi connectivity index (χ4v) is 5.30. The summed E-state index contributed by atoms with van der Waals surface area (Å²) in [4.78, 5) is 0. The first-order chi connectivity index (χ1) is 9.97. The maximum atomic E-state index is 11.9. The highest BCUT2D eigenvalue weighted by atomic mass is 32.3. The molecule has 0 fully saturated rings. The number of nitrogen functional groups attached to an aromatic ring is 1. The van der Waals surface area contributed by atoms with Gasteiger partial charge in [0.15, 0.2) is 0 Å². The van der Waals surface area contributed by atoms with Gasteiger partial charge in [0.25, 0.3) is 24.3 Å². The quantitative estimate of drug-likeness (QED) is 0.440. The van der Waals surface area contributed by atoms with Crippen molar-refractivity contribution in [3.63, 3.8) is 0 Å². The Morgan fingerprint density at radius 3 is 1.91 bits per heavy atom. The van der Waals surface area contributed by atoms with Gasteiger partial charge in [0.2, 0.25) is 0 Å². The first kappa shape index (κ1) is 16.6. The lowest BCUT2D eigenvalue weighted by atomic mass is 9.83. The van der Waals surface area contributed by atoms with Crippen molar-refractivity contribution in [2.24, 2.45) is 5.73 Å². The molecule has 1 aromatic carbocycles. The van der Waals surface area contributed by atoms with Gasteiger partial charge in [0.05, 0.1) is 0 Å². The molecule has 120 valence electrons. The number of anilines is 1. The molecular formula is C12H14N2O6S2. The van der Waals surface area contributed by atoms with Gasteiger partial charge in [-0.1, -0.05) is 36.4 Å². The lowest BCUT2D eigenvalue weighted by Gasteiger charge is -2.41. The second-order valence-corrected chi connectivity index (χ2v) is 8.24. The Hall–Kier alpha value is -1.72. The number of para-hydroxylation sites is 1. The summed E-state index contributed by atoms with van der Waals surface area (Å²) in [6.45, 7) is 0. The molecule has 8 nitrogen and oxygen atoms in total. The minimum Gasteiger partial charge on any atom is -0.398 e. The maximum absolute atomic E-state index is 11.9. The molecule has 0 aliphatic heterocycles. The molecule has 1 aliphatic carbocycles. The highest BCUT2D eigenvalue weighted by Gasteiger charge is 2.66. The molecule has 10 heteroatoms. The van der Waals surface area contributed by atoms with E-state index in [1.807, 2.05) is 0 Å². The molecule has 1 atom stereocenters. The zero-order valence-corrected chi connectivity index (χ0v) is 12.8. The Labute approximate surface area is 127 Å². The van der Waals surface area contributed by atoms with Gasteiger partial charge >= 0.3 is 0 Å². The van der Waals surface area contributed by atoms with Crippen LogP contribution < -0.4 is 11.5 Å². The normalized spacial score (nSPS) is 24.3. The summed E-state index contributed by atoms with van der Waals surface area (Å²) in [7, 11) is -10.7. The SMILES string of the molecule is Nc1ccccc1C1(N)C=CC=CC1(S(=O)(=O)O)S(=O)(=O)O. The molecule has 1 aliphatic rings. The topological polar surface area (TPSA) is 161 Å². The zero-order chi connectivity index (χ0) is 16.8. The molecular weight excluding hydrogens is 332 g/mol. The Bertz CT molecular complexity index is 841. The van der Waals surface area contributed by atoms with Crippen molar-refractivity contribution in [1.29, 1.82) is 0 Å². The van der Waals surface area contributed by atoms with Gasteiger partial charge in [-0.2, -0.15) is 16.8 Å². The lowest BCUT2D eigenvalue weighted by molar-refractivity contribution is 0.389. The van der Waals surface area contributed by atoms with Crippen molar-refractivity contribution in [2.45, 2.75) is 9.62 Å². The highest BCUT2D eigenvalue weighted by molar-refractivity contribution is 8.05.